The van der Waals surface area contributed by atoms with Crippen LogP contribution in [0.3, 0.4) is 0 Å². The number of aliphatic carboxylic acids is 1. The summed E-state index contributed by atoms with van der Waals surface area (Å²) in [6, 6.07) is 12.0. The van der Waals surface area contributed by atoms with Crippen molar-refractivity contribution in [1.82, 2.24) is 15.0 Å². The Morgan fingerprint density at radius 1 is 1.10 bits per heavy atom. The number of nitrogens with zero attached hydrogens (tertiary/aromatic N) is 4. The summed E-state index contributed by atoms with van der Waals surface area (Å²) in [5.41, 5.74) is 1.08. The van der Waals surface area contributed by atoms with Crippen LogP contribution >= 0.6 is 0 Å². The normalized spacial score (nSPS) is 16.4. The fourth-order valence-corrected chi connectivity index (χ4v) is 3.64. The van der Waals surface area contributed by atoms with Crippen LogP contribution in [0.2, 0.25) is 0 Å². The summed E-state index contributed by atoms with van der Waals surface area (Å²) in [6.07, 6.45) is -3.81. The molecule has 4 rings (SSSR count). The molecule has 0 atom stereocenters. The van der Waals surface area contributed by atoms with Gasteiger partial charge in [0.2, 0.25) is 11.9 Å². The van der Waals surface area contributed by atoms with Crippen LogP contribution in [0.4, 0.5) is 33.8 Å². The Kier molecular flexibility index (Phi) is 9.56. The van der Waals surface area contributed by atoms with Crippen LogP contribution in [0, 0.1) is 17.6 Å². The Labute approximate surface area is 220 Å². The number of methoxy groups -OCH3 is 1. The number of ether oxygens (including phenoxy) is 1. The second-order valence-electron chi connectivity index (χ2n) is 8.73. The van der Waals surface area contributed by atoms with Gasteiger partial charge in [-0.3, -0.25) is 0 Å². The van der Waals surface area contributed by atoms with E-state index in [9.17, 15) is 27.1 Å². The number of benzene rings is 2. The Hall–Kier alpha value is -4.07. The number of rotatable bonds is 8. The molecule has 1 aromatic heterocycles. The lowest BCUT2D eigenvalue weighted by molar-refractivity contribution is -0.192. The molecule has 1 saturated carbocycles. The molecule has 9 nitrogen and oxygen atoms in total. The third kappa shape index (κ3) is 7.96. The molecule has 1 aliphatic rings. The van der Waals surface area contributed by atoms with Gasteiger partial charge in [-0.1, -0.05) is 36.4 Å². The minimum atomic E-state index is -5.08. The average molecular weight is 556 g/mol. The van der Waals surface area contributed by atoms with E-state index in [1.54, 1.807) is 11.9 Å². The monoisotopic (exact) mass is 555 g/mol. The van der Waals surface area contributed by atoms with Gasteiger partial charge in [0.1, 0.15) is 0 Å². The molecule has 1 aliphatic carbocycles. The highest BCUT2D eigenvalue weighted by molar-refractivity contribution is 5.73. The maximum atomic E-state index is 14.6. The van der Waals surface area contributed by atoms with Crippen molar-refractivity contribution < 1.29 is 41.7 Å². The SMILES string of the molecule is COc1c(F)ccc(CN(C)c2nc(NCC3CC(O)C3)nc(-c3ccccc3)n2)c1F.O=C(O)C(F)(F)F. The zero-order valence-electron chi connectivity index (χ0n) is 20.9. The van der Waals surface area contributed by atoms with Crippen molar-refractivity contribution in [3.8, 4) is 17.1 Å². The summed E-state index contributed by atoms with van der Waals surface area (Å²) < 4.78 is 65.0. The van der Waals surface area contributed by atoms with E-state index >= 15 is 0 Å². The maximum Gasteiger partial charge on any atom is 0.490 e. The van der Waals surface area contributed by atoms with E-state index in [4.69, 9.17) is 14.6 Å². The molecule has 3 aromatic rings. The third-order valence-corrected chi connectivity index (χ3v) is 5.74. The number of halogens is 5. The van der Waals surface area contributed by atoms with Crippen LogP contribution in [0.5, 0.6) is 5.75 Å². The summed E-state index contributed by atoms with van der Waals surface area (Å²) in [5.74, 6) is -3.08. The molecule has 0 amide bonds. The molecule has 3 N–H and O–H groups in total. The first-order valence-electron chi connectivity index (χ1n) is 11.6. The van der Waals surface area contributed by atoms with E-state index in [0.29, 0.717) is 30.2 Å². The second-order valence-corrected chi connectivity index (χ2v) is 8.73. The molecule has 0 bridgehead atoms. The highest BCUT2D eigenvalue weighted by Crippen LogP contribution is 2.28. The smallest absolute Gasteiger partial charge is 0.490 e. The number of hydrogen-bond donors (Lipinski definition) is 3. The minimum Gasteiger partial charge on any atom is -0.491 e. The first-order valence-corrected chi connectivity index (χ1v) is 11.6. The van der Waals surface area contributed by atoms with Crippen LogP contribution in [0.15, 0.2) is 42.5 Å². The van der Waals surface area contributed by atoms with Crippen molar-refractivity contribution >= 4 is 17.9 Å². The quantitative estimate of drug-likeness (QED) is 0.350. The molecule has 0 saturated heterocycles. The maximum absolute atomic E-state index is 14.6. The van der Waals surface area contributed by atoms with Crippen molar-refractivity contribution in [3.63, 3.8) is 0 Å². The van der Waals surface area contributed by atoms with Gasteiger partial charge in [-0.2, -0.15) is 28.1 Å². The van der Waals surface area contributed by atoms with Crippen LogP contribution in [0.1, 0.15) is 18.4 Å². The molecule has 0 spiro atoms. The molecule has 2 aromatic carbocycles. The molecular weight excluding hydrogens is 529 g/mol. The van der Waals surface area contributed by atoms with E-state index < -0.39 is 29.5 Å². The predicted molar refractivity (Wildman–Crippen MR) is 131 cm³/mol. The molecular formula is C25H26F5N5O4. The topological polar surface area (TPSA) is 121 Å². The van der Waals surface area contributed by atoms with Crippen LogP contribution in [-0.2, 0) is 11.3 Å². The van der Waals surface area contributed by atoms with Crippen molar-refractivity contribution in [2.24, 2.45) is 5.92 Å². The lowest BCUT2D eigenvalue weighted by Crippen LogP contribution is -2.33. The van der Waals surface area contributed by atoms with E-state index in [1.165, 1.54) is 19.2 Å². The Morgan fingerprint density at radius 3 is 2.31 bits per heavy atom. The van der Waals surface area contributed by atoms with Gasteiger partial charge in [0.05, 0.1) is 13.2 Å². The number of hydrogen-bond acceptors (Lipinski definition) is 8. The molecule has 14 heteroatoms. The van der Waals surface area contributed by atoms with Gasteiger partial charge in [0.25, 0.3) is 0 Å². The van der Waals surface area contributed by atoms with Gasteiger partial charge in [-0.15, -0.1) is 0 Å². The summed E-state index contributed by atoms with van der Waals surface area (Å²) in [4.78, 5) is 24.2. The van der Waals surface area contributed by atoms with Crippen molar-refractivity contribution in [2.75, 3.05) is 30.9 Å². The van der Waals surface area contributed by atoms with Crippen LogP contribution in [-0.4, -0.2) is 64.1 Å². The standard InChI is InChI=1S/C23H25F2N5O2.C2HF3O2/c1-30(13-16-8-9-18(24)20(32-2)19(16)25)23-28-21(15-6-4-3-5-7-15)27-22(29-23)26-12-14-10-17(31)11-14;3-2(4,5)1(6)7/h3-9,14,17,31H,10-13H2,1-2H3,(H,26,27,28,29);(H,6,7). The summed E-state index contributed by atoms with van der Waals surface area (Å²) in [5, 5.41) is 19.9. The minimum absolute atomic E-state index is 0.106. The summed E-state index contributed by atoms with van der Waals surface area (Å²) in [6.45, 7) is 0.747. The number of anilines is 2. The van der Waals surface area contributed by atoms with Crippen LogP contribution in [0.25, 0.3) is 11.4 Å². The number of carboxylic acids is 1. The molecule has 1 fully saturated rings. The number of aromatic nitrogens is 3. The molecule has 0 unspecified atom stereocenters. The van der Waals surface area contributed by atoms with Crippen molar-refractivity contribution in [2.45, 2.75) is 31.7 Å². The Balaban J connectivity index is 0.000000532. The molecule has 210 valence electrons. The van der Waals surface area contributed by atoms with E-state index in [0.717, 1.165) is 18.4 Å². The van der Waals surface area contributed by atoms with Crippen molar-refractivity contribution in [1.29, 1.82) is 0 Å². The average Bonchev–Trinajstić information content (AvgIpc) is 2.88. The molecule has 0 aliphatic heterocycles. The zero-order chi connectivity index (χ0) is 28.7. The highest BCUT2D eigenvalue weighted by Gasteiger charge is 2.38. The number of alkyl halides is 3. The molecule has 39 heavy (non-hydrogen) atoms. The van der Waals surface area contributed by atoms with E-state index in [2.05, 4.69) is 20.3 Å². The first-order chi connectivity index (χ1) is 18.4. The fourth-order valence-electron chi connectivity index (χ4n) is 3.64. The fraction of sp³-hybridized carbons (Fsp3) is 0.360. The van der Waals surface area contributed by atoms with Crippen molar-refractivity contribution in [3.05, 3.63) is 59.7 Å². The Morgan fingerprint density at radius 2 is 1.74 bits per heavy atom. The number of carbonyl (C=O) groups is 1. The summed E-state index contributed by atoms with van der Waals surface area (Å²) >= 11 is 0. The largest absolute Gasteiger partial charge is 0.491 e. The van der Waals surface area contributed by atoms with E-state index in [1.807, 2.05) is 30.3 Å². The summed E-state index contributed by atoms with van der Waals surface area (Å²) in [7, 11) is 2.96. The highest BCUT2D eigenvalue weighted by atomic mass is 19.4. The second kappa shape index (κ2) is 12.7. The number of aliphatic hydroxyl groups is 1. The zero-order valence-corrected chi connectivity index (χ0v) is 20.9. The van der Waals surface area contributed by atoms with Gasteiger partial charge in [0, 0.05) is 31.3 Å². The number of aliphatic hydroxyl groups excluding tert-OH is 1. The van der Waals surface area contributed by atoms with E-state index in [-0.39, 0.29) is 18.2 Å². The van der Waals surface area contributed by atoms with Crippen LogP contribution < -0.4 is 15.0 Å². The number of nitrogens with one attached hydrogen (secondary N) is 1. The van der Waals surface area contributed by atoms with Gasteiger partial charge < -0.3 is 25.2 Å². The van der Waals surface area contributed by atoms with Gasteiger partial charge >= 0.3 is 12.1 Å². The first kappa shape index (κ1) is 29.5. The predicted octanol–water partition coefficient (Wildman–Crippen LogP) is 4.28. The third-order valence-electron chi connectivity index (χ3n) is 5.74. The lowest BCUT2D eigenvalue weighted by atomic mass is 9.82. The molecule has 0 radical (unpaired) electrons. The number of carboxylic acid groups (broad SMARTS) is 1. The molecule has 1 heterocycles. The lowest BCUT2D eigenvalue weighted by Gasteiger charge is -2.31. The van der Waals surface area contributed by atoms with Gasteiger partial charge in [-0.05, 0) is 24.8 Å². The van der Waals surface area contributed by atoms with Gasteiger partial charge in [0.15, 0.2) is 23.2 Å². The van der Waals surface area contributed by atoms with Gasteiger partial charge in [-0.25, -0.2) is 13.6 Å². The Bertz CT molecular complexity index is 1270.